The van der Waals surface area contributed by atoms with Gasteiger partial charge in [0, 0.05) is 6.08 Å². The molecule has 0 unspecified atom stereocenters. The highest BCUT2D eigenvalue weighted by atomic mass is 19.4. The maximum absolute atomic E-state index is 11.0. The summed E-state index contributed by atoms with van der Waals surface area (Å²) in [5.41, 5.74) is 0. The number of hydrogen-bond acceptors (Lipinski definition) is 0. The van der Waals surface area contributed by atoms with E-state index in [4.69, 9.17) is 0 Å². The molecule has 0 aliphatic heterocycles. The Bertz CT molecular complexity index is 80.5. The van der Waals surface area contributed by atoms with E-state index < -0.39 is 12.9 Å². The molecule has 0 atom stereocenters. The minimum Gasteiger partial charge on any atom is -0.247 e. The first-order valence-electron chi connectivity index (χ1n) is 1.86. The van der Waals surface area contributed by atoms with E-state index in [1.54, 1.807) is 0 Å². The lowest BCUT2D eigenvalue weighted by Gasteiger charge is -1.94. The van der Waals surface area contributed by atoms with Crippen molar-refractivity contribution in [3.63, 3.8) is 0 Å². The predicted molar refractivity (Wildman–Crippen MR) is 21.2 cm³/mol. The van der Waals surface area contributed by atoms with Gasteiger partial charge in [-0.2, -0.15) is 13.2 Å². The maximum atomic E-state index is 11.0. The van der Waals surface area contributed by atoms with Gasteiger partial charge in [0.15, 0.2) is 0 Å². The fourth-order valence-electron chi connectivity index (χ4n) is 0.178. The van der Waals surface area contributed by atoms with E-state index in [0.29, 0.717) is 6.08 Å². The molecule has 0 amide bonds. The van der Waals surface area contributed by atoms with Crippen molar-refractivity contribution in [3.05, 3.63) is 12.2 Å². The van der Waals surface area contributed by atoms with Gasteiger partial charge in [-0.15, -0.1) is 0 Å². The van der Waals surface area contributed by atoms with E-state index in [0.717, 1.165) is 0 Å². The lowest BCUT2D eigenvalue weighted by molar-refractivity contribution is -0.0801. The summed E-state index contributed by atoms with van der Waals surface area (Å²) in [6.07, 6.45) is -4.08. The average molecular weight is 128 g/mol. The zero-order valence-electron chi connectivity index (χ0n) is 3.87. The third kappa shape index (κ3) is 5.46. The highest BCUT2D eigenvalue weighted by Gasteiger charge is 2.21. The van der Waals surface area contributed by atoms with Crippen molar-refractivity contribution in [2.45, 2.75) is 6.18 Å². The summed E-state index contributed by atoms with van der Waals surface area (Å²) in [6, 6.07) is 0. The Balaban J connectivity index is 3.52. The Morgan fingerprint density at radius 3 is 1.88 bits per heavy atom. The van der Waals surface area contributed by atoms with E-state index in [-0.39, 0.29) is 6.08 Å². The van der Waals surface area contributed by atoms with E-state index in [9.17, 15) is 17.6 Å². The van der Waals surface area contributed by atoms with Gasteiger partial charge in [0.25, 0.3) is 0 Å². The fourth-order valence-corrected chi connectivity index (χ4v) is 0.178. The fraction of sp³-hybridized carbons (Fsp3) is 0.500. The van der Waals surface area contributed by atoms with Gasteiger partial charge >= 0.3 is 6.18 Å². The van der Waals surface area contributed by atoms with Crippen LogP contribution in [0.2, 0.25) is 0 Å². The normalized spacial score (nSPS) is 13.0. The van der Waals surface area contributed by atoms with Crippen molar-refractivity contribution in [2.75, 3.05) is 6.67 Å². The van der Waals surface area contributed by atoms with Crippen LogP contribution in [0.5, 0.6) is 0 Å². The maximum Gasteiger partial charge on any atom is 0.409 e. The minimum atomic E-state index is -4.37. The van der Waals surface area contributed by atoms with Gasteiger partial charge in [0.1, 0.15) is 6.67 Å². The molecule has 0 fully saturated rings. The van der Waals surface area contributed by atoms with Crippen molar-refractivity contribution >= 4 is 0 Å². The number of alkyl halides is 4. The van der Waals surface area contributed by atoms with Crippen LogP contribution in [0.25, 0.3) is 0 Å². The van der Waals surface area contributed by atoms with Crippen LogP contribution in [0.15, 0.2) is 12.2 Å². The number of rotatable bonds is 1. The van der Waals surface area contributed by atoms with Gasteiger partial charge < -0.3 is 0 Å². The molecule has 0 saturated heterocycles. The molecule has 0 N–H and O–H groups in total. The molecule has 0 saturated carbocycles. The standard InChI is InChI=1S/C4H4F4/c5-3-1-2-4(6,7)8/h1-2H,3H2/b2-1-. The zero-order chi connectivity index (χ0) is 6.62. The number of allylic oxidation sites excluding steroid dienone is 2. The van der Waals surface area contributed by atoms with E-state index in [1.165, 1.54) is 0 Å². The first-order chi connectivity index (χ1) is 3.56. The molecular formula is C4H4F4. The molecule has 0 spiro atoms. The molecule has 0 aromatic rings. The summed E-state index contributed by atoms with van der Waals surface area (Å²) in [5, 5.41) is 0. The van der Waals surface area contributed by atoms with Crippen molar-refractivity contribution in [1.82, 2.24) is 0 Å². The average Bonchev–Trinajstić information content (AvgIpc) is 1.59. The first kappa shape index (κ1) is 7.46. The summed E-state index contributed by atoms with van der Waals surface area (Å²) in [6.45, 7) is -1.07. The Labute approximate surface area is 43.8 Å². The Morgan fingerprint density at radius 2 is 1.75 bits per heavy atom. The molecule has 4 heteroatoms. The van der Waals surface area contributed by atoms with E-state index in [2.05, 4.69) is 0 Å². The summed E-state index contributed by atoms with van der Waals surface area (Å²) < 4.78 is 43.9. The Morgan fingerprint density at radius 1 is 1.25 bits per heavy atom. The molecule has 0 radical (unpaired) electrons. The van der Waals surface area contributed by atoms with Gasteiger partial charge in [0.05, 0.1) is 0 Å². The first-order valence-corrected chi connectivity index (χ1v) is 1.86. The molecule has 8 heavy (non-hydrogen) atoms. The molecule has 0 aromatic carbocycles. The van der Waals surface area contributed by atoms with Gasteiger partial charge in [-0.1, -0.05) is 0 Å². The van der Waals surface area contributed by atoms with Crippen LogP contribution < -0.4 is 0 Å². The molecule has 0 aromatic heterocycles. The minimum absolute atomic E-state index is 0.132. The Kier molecular flexibility index (Phi) is 2.51. The van der Waals surface area contributed by atoms with Gasteiger partial charge in [-0.05, 0) is 6.08 Å². The van der Waals surface area contributed by atoms with Crippen LogP contribution >= 0.6 is 0 Å². The molecule has 48 valence electrons. The second-order valence-electron chi connectivity index (χ2n) is 1.10. The summed E-state index contributed by atoms with van der Waals surface area (Å²) in [7, 11) is 0. The zero-order valence-corrected chi connectivity index (χ0v) is 3.87. The van der Waals surface area contributed by atoms with Crippen LogP contribution in [0, 0.1) is 0 Å². The summed E-state index contributed by atoms with van der Waals surface area (Å²) in [5.74, 6) is 0. The molecular weight excluding hydrogens is 124 g/mol. The third-order valence-electron chi connectivity index (χ3n) is 0.396. The van der Waals surface area contributed by atoms with Crippen molar-refractivity contribution < 1.29 is 17.6 Å². The van der Waals surface area contributed by atoms with E-state index in [1.807, 2.05) is 0 Å². The van der Waals surface area contributed by atoms with Crippen LogP contribution in [-0.4, -0.2) is 12.9 Å². The predicted octanol–water partition coefficient (Wildman–Crippen LogP) is 2.07. The number of hydrogen-bond donors (Lipinski definition) is 0. The largest absolute Gasteiger partial charge is 0.409 e. The summed E-state index contributed by atoms with van der Waals surface area (Å²) in [4.78, 5) is 0. The highest BCUT2D eigenvalue weighted by molar-refractivity contribution is 4.87. The van der Waals surface area contributed by atoms with Crippen molar-refractivity contribution in [1.29, 1.82) is 0 Å². The highest BCUT2D eigenvalue weighted by Crippen LogP contribution is 2.15. The van der Waals surface area contributed by atoms with Crippen molar-refractivity contribution in [3.8, 4) is 0 Å². The van der Waals surface area contributed by atoms with Crippen LogP contribution in [0.4, 0.5) is 17.6 Å². The van der Waals surface area contributed by atoms with Crippen molar-refractivity contribution in [2.24, 2.45) is 0 Å². The topological polar surface area (TPSA) is 0 Å². The lowest BCUT2D eigenvalue weighted by atomic mass is 10.5. The third-order valence-corrected chi connectivity index (χ3v) is 0.396. The van der Waals surface area contributed by atoms with Crippen LogP contribution in [0.3, 0.4) is 0 Å². The molecule has 0 nitrogen and oxygen atoms in total. The quantitative estimate of drug-likeness (QED) is 0.374. The molecule has 0 aliphatic carbocycles. The smallest absolute Gasteiger partial charge is 0.247 e. The van der Waals surface area contributed by atoms with E-state index >= 15 is 0 Å². The monoisotopic (exact) mass is 128 g/mol. The van der Waals surface area contributed by atoms with Gasteiger partial charge in [0.2, 0.25) is 0 Å². The second kappa shape index (κ2) is 2.69. The molecule has 0 bridgehead atoms. The van der Waals surface area contributed by atoms with Gasteiger partial charge in [-0.3, -0.25) is 0 Å². The molecule has 0 rings (SSSR count). The SMILES string of the molecule is FC/C=C\C(F)(F)F. The van der Waals surface area contributed by atoms with Crippen LogP contribution in [-0.2, 0) is 0 Å². The summed E-state index contributed by atoms with van der Waals surface area (Å²) >= 11 is 0. The second-order valence-corrected chi connectivity index (χ2v) is 1.10. The van der Waals surface area contributed by atoms with Crippen LogP contribution in [0.1, 0.15) is 0 Å². The van der Waals surface area contributed by atoms with Gasteiger partial charge in [-0.25, -0.2) is 4.39 Å². The Hall–Kier alpha value is -0.540. The molecule has 0 heterocycles. The molecule has 0 aliphatic rings. The number of halogens is 4. The lowest BCUT2D eigenvalue weighted by Crippen LogP contribution is -2.00.